The predicted molar refractivity (Wildman–Crippen MR) is 81.2 cm³/mol. The first-order chi connectivity index (χ1) is 10.2. The molecular weight excluding hydrogens is 268 g/mol. The number of rotatable bonds is 6. The molecule has 0 unspecified atom stereocenters. The zero-order valence-electron chi connectivity index (χ0n) is 12.4. The molecule has 116 valence electrons. The molecule has 1 amide bonds. The summed E-state index contributed by atoms with van der Waals surface area (Å²) in [5.74, 6) is -0.163. The first-order valence-electron chi connectivity index (χ1n) is 7.57. The number of hydrogen-bond donors (Lipinski definition) is 2. The van der Waals surface area contributed by atoms with Gasteiger partial charge in [0.15, 0.2) is 0 Å². The van der Waals surface area contributed by atoms with E-state index in [0.717, 1.165) is 39.0 Å². The zero-order valence-corrected chi connectivity index (χ0v) is 12.4. The largest absolute Gasteiger partial charge is 0.505 e. The van der Waals surface area contributed by atoms with Crippen molar-refractivity contribution in [2.24, 2.45) is 5.73 Å². The Kier molecular flexibility index (Phi) is 5.95. The number of nitrogens with zero attached hydrogens (tertiary/aromatic N) is 3. The van der Waals surface area contributed by atoms with Crippen molar-refractivity contribution < 1.29 is 9.90 Å². The minimum atomic E-state index is -0.113. The third-order valence-corrected chi connectivity index (χ3v) is 3.87. The van der Waals surface area contributed by atoms with Gasteiger partial charge in [0.05, 0.1) is 11.8 Å². The molecule has 0 aliphatic carbocycles. The molecule has 1 saturated heterocycles. The lowest BCUT2D eigenvalue weighted by Crippen LogP contribution is -2.48. The molecular formula is C15H24N4O2. The summed E-state index contributed by atoms with van der Waals surface area (Å²) in [7, 11) is 0. The summed E-state index contributed by atoms with van der Waals surface area (Å²) in [4.78, 5) is 20.3. The maximum Gasteiger partial charge on any atom is 0.257 e. The average Bonchev–Trinajstić information content (AvgIpc) is 2.52. The Bertz CT molecular complexity index is 459. The Morgan fingerprint density at radius 1 is 1.24 bits per heavy atom. The highest BCUT2D eigenvalue weighted by Gasteiger charge is 2.23. The Hall–Kier alpha value is -1.66. The first kappa shape index (κ1) is 15.7. The van der Waals surface area contributed by atoms with E-state index in [1.807, 2.05) is 0 Å². The second-order valence-corrected chi connectivity index (χ2v) is 5.38. The molecule has 2 heterocycles. The third-order valence-electron chi connectivity index (χ3n) is 3.87. The SMILES string of the molecule is NCCCCCN1CCN(C(=O)c2ccncc2O)CC1. The van der Waals surface area contributed by atoms with E-state index >= 15 is 0 Å². The second-order valence-electron chi connectivity index (χ2n) is 5.38. The second kappa shape index (κ2) is 7.95. The number of hydrogen-bond acceptors (Lipinski definition) is 5. The van der Waals surface area contributed by atoms with Crippen LogP contribution >= 0.6 is 0 Å². The van der Waals surface area contributed by atoms with Gasteiger partial charge in [-0.15, -0.1) is 0 Å². The van der Waals surface area contributed by atoms with E-state index < -0.39 is 0 Å². The van der Waals surface area contributed by atoms with Crippen molar-refractivity contribution in [1.29, 1.82) is 0 Å². The monoisotopic (exact) mass is 292 g/mol. The van der Waals surface area contributed by atoms with Crippen LogP contribution in [0.3, 0.4) is 0 Å². The van der Waals surface area contributed by atoms with Gasteiger partial charge in [0.25, 0.3) is 5.91 Å². The average molecular weight is 292 g/mol. The van der Waals surface area contributed by atoms with Gasteiger partial charge in [0.2, 0.25) is 0 Å². The van der Waals surface area contributed by atoms with Gasteiger partial charge in [-0.2, -0.15) is 0 Å². The lowest BCUT2D eigenvalue weighted by atomic mass is 10.2. The Balaban J connectivity index is 1.78. The van der Waals surface area contributed by atoms with E-state index in [1.165, 1.54) is 18.8 Å². The molecule has 21 heavy (non-hydrogen) atoms. The van der Waals surface area contributed by atoms with Crippen LogP contribution in [0.25, 0.3) is 0 Å². The lowest BCUT2D eigenvalue weighted by molar-refractivity contribution is 0.0632. The highest BCUT2D eigenvalue weighted by Crippen LogP contribution is 2.17. The number of carbonyl (C=O) groups excluding carboxylic acids is 1. The van der Waals surface area contributed by atoms with E-state index in [2.05, 4.69) is 9.88 Å². The standard InChI is InChI=1S/C15H24N4O2/c16-5-2-1-3-7-18-8-10-19(11-9-18)15(21)13-4-6-17-12-14(13)20/h4,6,12,20H,1-3,5,7-11,16H2. The molecule has 6 heteroatoms. The Morgan fingerprint density at radius 3 is 2.67 bits per heavy atom. The van der Waals surface area contributed by atoms with Crippen LogP contribution in [0.2, 0.25) is 0 Å². The molecule has 0 radical (unpaired) electrons. The molecule has 2 rings (SSSR count). The minimum Gasteiger partial charge on any atom is -0.505 e. The fraction of sp³-hybridized carbons (Fsp3) is 0.600. The van der Waals surface area contributed by atoms with Gasteiger partial charge in [-0.25, -0.2) is 0 Å². The molecule has 0 atom stereocenters. The molecule has 0 spiro atoms. The maximum atomic E-state index is 12.3. The molecule has 3 N–H and O–H groups in total. The van der Waals surface area contributed by atoms with Crippen molar-refractivity contribution in [3.05, 3.63) is 24.0 Å². The van der Waals surface area contributed by atoms with Crippen LogP contribution in [-0.2, 0) is 0 Å². The molecule has 0 aromatic carbocycles. The van der Waals surface area contributed by atoms with Crippen LogP contribution < -0.4 is 5.73 Å². The summed E-state index contributed by atoms with van der Waals surface area (Å²) >= 11 is 0. The lowest BCUT2D eigenvalue weighted by Gasteiger charge is -2.34. The highest BCUT2D eigenvalue weighted by molar-refractivity contribution is 5.96. The Labute approximate surface area is 125 Å². The van der Waals surface area contributed by atoms with Gasteiger partial charge in [-0.1, -0.05) is 6.42 Å². The molecule has 6 nitrogen and oxygen atoms in total. The van der Waals surface area contributed by atoms with Crippen LogP contribution in [0.4, 0.5) is 0 Å². The summed E-state index contributed by atoms with van der Waals surface area (Å²) in [6, 6.07) is 1.57. The van der Waals surface area contributed by atoms with E-state index in [-0.39, 0.29) is 11.7 Å². The summed E-state index contributed by atoms with van der Waals surface area (Å²) in [6.45, 7) is 5.02. The Morgan fingerprint density at radius 2 is 2.00 bits per heavy atom. The zero-order chi connectivity index (χ0) is 15.1. The van der Waals surface area contributed by atoms with Crippen molar-refractivity contribution >= 4 is 5.91 Å². The van der Waals surface area contributed by atoms with E-state index in [4.69, 9.17) is 5.73 Å². The summed E-state index contributed by atoms with van der Waals surface area (Å²) in [5.41, 5.74) is 5.82. The first-order valence-corrected chi connectivity index (χ1v) is 7.57. The van der Waals surface area contributed by atoms with Crippen LogP contribution in [-0.4, -0.2) is 65.1 Å². The molecule has 1 aliphatic rings. The number of nitrogens with two attached hydrogens (primary N) is 1. The summed E-state index contributed by atoms with van der Waals surface area (Å²) in [6.07, 6.45) is 6.25. The topological polar surface area (TPSA) is 82.7 Å². The molecule has 0 saturated carbocycles. The van der Waals surface area contributed by atoms with Gasteiger partial charge in [0, 0.05) is 32.4 Å². The van der Waals surface area contributed by atoms with E-state index in [0.29, 0.717) is 18.7 Å². The molecule has 1 aromatic rings. The molecule has 1 fully saturated rings. The fourth-order valence-corrected chi connectivity index (χ4v) is 2.57. The van der Waals surface area contributed by atoms with Gasteiger partial charge < -0.3 is 15.7 Å². The van der Waals surface area contributed by atoms with Crippen molar-refractivity contribution in [2.75, 3.05) is 39.3 Å². The predicted octanol–water partition coefficient (Wildman–Crippen LogP) is 0.674. The molecule has 1 aromatic heterocycles. The molecule has 1 aliphatic heterocycles. The number of amides is 1. The molecule has 0 bridgehead atoms. The number of carbonyl (C=O) groups is 1. The number of piperazine rings is 1. The number of pyridine rings is 1. The van der Waals surface area contributed by atoms with E-state index in [9.17, 15) is 9.90 Å². The number of unbranched alkanes of at least 4 members (excludes halogenated alkanes) is 2. The van der Waals surface area contributed by atoms with Crippen LogP contribution in [0.1, 0.15) is 29.6 Å². The van der Waals surface area contributed by atoms with Crippen molar-refractivity contribution in [1.82, 2.24) is 14.8 Å². The van der Waals surface area contributed by atoms with Crippen molar-refractivity contribution in [3.63, 3.8) is 0 Å². The fourth-order valence-electron chi connectivity index (χ4n) is 2.57. The summed E-state index contributed by atoms with van der Waals surface area (Å²) < 4.78 is 0. The highest BCUT2D eigenvalue weighted by atomic mass is 16.3. The van der Waals surface area contributed by atoms with Crippen LogP contribution in [0.15, 0.2) is 18.5 Å². The van der Waals surface area contributed by atoms with E-state index in [1.54, 1.807) is 11.0 Å². The van der Waals surface area contributed by atoms with Gasteiger partial charge in [-0.05, 0) is 32.0 Å². The van der Waals surface area contributed by atoms with Crippen LogP contribution in [0, 0.1) is 0 Å². The van der Waals surface area contributed by atoms with Gasteiger partial charge in [0.1, 0.15) is 5.75 Å². The third kappa shape index (κ3) is 4.41. The minimum absolute atomic E-state index is 0.0493. The van der Waals surface area contributed by atoms with Gasteiger partial charge in [-0.3, -0.25) is 14.7 Å². The van der Waals surface area contributed by atoms with Crippen molar-refractivity contribution in [3.8, 4) is 5.75 Å². The smallest absolute Gasteiger partial charge is 0.257 e. The number of aromatic hydroxyl groups is 1. The number of aromatic nitrogens is 1. The quantitative estimate of drug-likeness (QED) is 0.753. The normalized spacial score (nSPS) is 16.1. The summed E-state index contributed by atoms with van der Waals surface area (Å²) in [5, 5.41) is 9.70. The van der Waals surface area contributed by atoms with Crippen LogP contribution in [0.5, 0.6) is 5.75 Å². The van der Waals surface area contributed by atoms with Crippen molar-refractivity contribution in [2.45, 2.75) is 19.3 Å². The van der Waals surface area contributed by atoms with Gasteiger partial charge >= 0.3 is 0 Å². The maximum absolute atomic E-state index is 12.3.